The van der Waals surface area contributed by atoms with Crippen molar-refractivity contribution in [2.24, 2.45) is 7.05 Å². The lowest BCUT2D eigenvalue weighted by atomic mass is 10.2. The van der Waals surface area contributed by atoms with Crippen molar-refractivity contribution in [1.29, 1.82) is 0 Å². The van der Waals surface area contributed by atoms with Crippen LogP contribution in [0.25, 0.3) is 11.0 Å². The smallest absolute Gasteiger partial charge is 0.511 e. The first-order chi connectivity index (χ1) is 6.68. The van der Waals surface area contributed by atoms with E-state index in [0.717, 1.165) is 11.0 Å². The van der Waals surface area contributed by atoms with Gasteiger partial charge in [0.1, 0.15) is 11.4 Å². The highest BCUT2D eigenvalue weighted by atomic mass is 16.6. The molecule has 0 aliphatic heterocycles. The van der Waals surface area contributed by atoms with Gasteiger partial charge in [-0.3, -0.25) is 0 Å². The topological polar surface area (TPSA) is 67.5 Å². The fraction of sp³-hybridized carbons (Fsp3) is 0.125. The molecule has 2 N–H and O–H groups in total. The maximum Gasteiger partial charge on any atom is 0.707 e. The summed E-state index contributed by atoms with van der Waals surface area (Å²) in [6.45, 7) is 0. The largest absolute Gasteiger partial charge is 0.707 e. The van der Waals surface area contributed by atoms with E-state index in [1.165, 1.54) is 0 Å². The van der Waals surface area contributed by atoms with E-state index < -0.39 is 7.32 Å². The molecule has 0 aliphatic carbocycles. The molecule has 0 aromatic carbocycles. The van der Waals surface area contributed by atoms with Gasteiger partial charge >= 0.3 is 7.32 Å². The Labute approximate surface area is 80.7 Å². The molecule has 2 rings (SSSR count). The van der Waals surface area contributed by atoms with Crippen molar-refractivity contribution >= 4 is 18.4 Å². The molecule has 2 aromatic heterocycles. The first kappa shape index (κ1) is 9.05. The normalized spacial score (nSPS) is 10.5. The second-order valence-electron chi connectivity index (χ2n) is 2.92. The number of aromatic nitrogens is 2. The van der Waals surface area contributed by atoms with Crippen LogP contribution in [0.4, 0.5) is 0 Å². The van der Waals surface area contributed by atoms with E-state index in [4.69, 9.17) is 14.7 Å². The summed E-state index contributed by atoms with van der Waals surface area (Å²) in [5, 5.41) is 18.1. The van der Waals surface area contributed by atoms with Gasteiger partial charge in [-0.25, -0.2) is 4.98 Å². The molecule has 0 saturated carbocycles. The SMILES string of the molecule is Cn1ccc2c(OB(O)O)ccnc21. The van der Waals surface area contributed by atoms with Gasteiger partial charge in [0.05, 0.1) is 5.39 Å². The average molecular weight is 192 g/mol. The molecule has 0 amide bonds. The van der Waals surface area contributed by atoms with Crippen LogP contribution in [0.5, 0.6) is 5.75 Å². The minimum Gasteiger partial charge on any atom is -0.511 e. The molecule has 0 unspecified atom stereocenters. The molecule has 0 radical (unpaired) electrons. The summed E-state index contributed by atoms with van der Waals surface area (Å²) in [6, 6.07) is 3.39. The van der Waals surface area contributed by atoms with Crippen molar-refractivity contribution in [2.45, 2.75) is 0 Å². The molecule has 6 heteroatoms. The van der Waals surface area contributed by atoms with Crippen molar-refractivity contribution in [2.75, 3.05) is 0 Å². The molecule has 2 heterocycles. The summed E-state index contributed by atoms with van der Waals surface area (Å²) < 4.78 is 6.62. The molecule has 0 saturated heterocycles. The van der Waals surface area contributed by atoms with Crippen LogP contribution in [0, 0.1) is 0 Å². The third-order valence-corrected chi connectivity index (χ3v) is 1.96. The first-order valence-corrected chi connectivity index (χ1v) is 4.11. The molecular weight excluding hydrogens is 183 g/mol. The highest BCUT2D eigenvalue weighted by molar-refractivity contribution is 6.34. The number of hydrogen-bond acceptors (Lipinski definition) is 4. The number of pyridine rings is 1. The van der Waals surface area contributed by atoms with Crippen LogP contribution < -0.4 is 4.65 Å². The fourth-order valence-corrected chi connectivity index (χ4v) is 1.36. The van der Waals surface area contributed by atoms with Crippen LogP contribution >= 0.6 is 0 Å². The van der Waals surface area contributed by atoms with Crippen molar-refractivity contribution in [3.8, 4) is 5.75 Å². The minimum atomic E-state index is -1.80. The van der Waals surface area contributed by atoms with Crippen molar-refractivity contribution in [1.82, 2.24) is 9.55 Å². The lowest BCUT2D eigenvalue weighted by Crippen LogP contribution is -2.20. The Kier molecular flexibility index (Phi) is 2.15. The van der Waals surface area contributed by atoms with Gasteiger partial charge in [-0.2, -0.15) is 0 Å². The average Bonchev–Trinajstić information content (AvgIpc) is 2.49. The molecule has 0 bridgehead atoms. The number of nitrogens with zero attached hydrogens (tertiary/aromatic N) is 2. The molecule has 14 heavy (non-hydrogen) atoms. The standard InChI is InChI=1S/C8H9BN2O3/c1-11-5-3-6-7(14-9(12)13)2-4-10-8(6)11/h2-5,12-13H,1H3. The Morgan fingerprint density at radius 1 is 1.43 bits per heavy atom. The summed E-state index contributed by atoms with van der Waals surface area (Å²) in [7, 11) is 0.0508. The molecular formula is C8H9BN2O3. The van der Waals surface area contributed by atoms with E-state index in [1.807, 2.05) is 17.8 Å². The Balaban J connectivity index is 2.54. The Bertz CT molecular complexity index is 455. The van der Waals surface area contributed by atoms with Crippen LogP contribution in [0.1, 0.15) is 0 Å². The van der Waals surface area contributed by atoms with Gasteiger partial charge < -0.3 is 19.3 Å². The second-order valence-corrected chi connectivity index (χ2v) is 2.92. The summed E-state index contributed by atoms with van der Waals surface area (Å²) in [6.07, 6.45) is 3.38. The number of hydrogen-bond donors (Lipinski definition) is 2. The van der Waals surface area contributed by atoms with Gasteiger partial charge in [0.2, 0.25) is 0 Å². The van der Waals surface area contributed by atoms with Gasteiger partial charge in [-0.05, 0) is 12.1 Å². The molecule has 0 spiro atoms. The lowest BCUT2D eigenvalue weighted by Gasteiger charge is -2.05. The summed E-state index contributed by atoms with van der Waals surface area (Å²) in [4.78, 5) is 4.13. The molecule has 2 aromatic rings. The maximum absolute atomic E-state index is 8.68. The molecule has 5 nitrogen and oxygen atoms in total. The van der Waals surface area contributed by atoms with E-state index in [0.29, 0.717) is 5.75 Å². The van der Waals surface area contributed by atoms with Crippen LogP contribution in [-0.2, 0) is 7.05 Å². The summed E-state index contributed by atoms with van der Waals surface area (Å²) in [5.41, 5.74) is 0.739. The minimum absolute atomic E-state index is 0.408. The second kappa shape index (κ2) is 3.32. The summed E-state index contributed by atoms with van der Waals surface area (Å²) in [5.74, 6) is 0.408. The van der Waals surface area contributed by atoms with Crippen molar-refractivity contribution in [3.63, 3.8) is 0 Å². The highest BCUT2D eigenvalue weighted by Gasteiger charge is 2.14. The molecule has 72 valence electrons. The first-order valence-electron chi connectivity index (χ1n) is 4.11. The van der Waals surface area contributed by atoms with E-state index in [2.05, 4.69) is 4.98 Å². The van der Waals surface area contributed by atoms with Crippen molar-refractivity contribution < 1.29 is 14.7 Å². The van der Waals surface area contributed by atoms with E-state index >= 15 is 0 Å². The Morgan fingerprint density at radius 3 is 2.93 bits per heavy atom. The fourth-order valence-electron chi connectivity index (χ4n) is 1.36. The quantitative estimate of drug-likeness (QED) is 0.653. The molecule has 0 fully saturated rings. The number of rotatable bonds is 2. The zero-order chi connectivity index (χ0) is 10.1. The molecule has 0 aliphatic rings. The van der Waals surface area contributed by atoms with Crippen LogP contribution in [-0.4, -0.2) is 26.9 Å². The third kappa shape index (κ3) is 1.45. The highest BCUT2D eigenvalue weighted by Crippen LogP contribution is 2.23. The van der Waals surface area contributed by atoms with Gasteiger partial charge in [0.15, 0.2) is 0 Å². The van der Waals surface area contributed by atoms with E-state index in [1.54, 1.807) is 18.3 Å². The van der Waals surface area contributed by atoms with E-state index in [9.17, 15) is 0 Å². The Hall–Kier alpha value is -1.53. The third-order valence-electron chi connectivity index (χ3n) is 1.96. The van der Waals surface area contributed by atoms with Crippen LogP contribution in [0.15, 0.2) is 24.5 Å². The van der Waals surface area contributed by atoms with Gasteiger partial charge in [-0.1, -0.05) is 0 Å². The Morgan fingerprint density at radius 2 is 2.21 bits per heavy atom. The maximum atomic E-state index is 8.68. The summed E-state index contributed by atoms with van der Waals surface area (Å²) >= 11 is 0. The number of aryl methyl sites for hydroxylation is 1. The van der Waals surface area contributed by atoms with Gasteiger partial charge in [0.25, 0.3) is 0 Å². The van der Waals surface area contributed by atoms with Gasteiger partial charge in [0, 0.05) is 19.4 Å². The predicted molar refractivity (Wildman–Crippen MR) is 51.5 cm³/mol. The van der Waals surface area contributed by atoms with Gasteiger partial charge in [-0.15, -0.1) is 0 Å². The lowest BCUT2D eigenvalue weighted by molar-refractivity contribution is 0.289. The van der Waals surface area contributed by atoms with Crippen LogP contribution in [0.3, 0.4) is 0 Å². The van der Waals surface area contributed by atoms with E-state index in [-0.39, 0.29) is 0 Å². The van der Waals surface area contributed by atoms with Crippen molar-refractivity contribution in [3.05, 3.63) is 24.5 Å². The number of fused-ring (bicyclic) bond motifs is 1. The monoisotopic (exact) mass is 192 g/mol. The predicted octanol–water partition coefficient (Wildman–Crippen LogP) is -0.0784. The van der Waals surface area contributed by atoms with Crippen LogP contribution in [0.2, 0.25) is 0 Å². The molecule has 0 atom stereocenters. The zero-order valence-corrected chi connectivity index (χ0v) is 7.58. The zero-order valence-electron chi connectivity index (χ0n) is 7.58.